The first-order valence-electron chi connectivity index (χ1n) is 13.6. The van der Waals surface area contributed by atoms with Gasteiger partial charge in [0.1, 0.15) is 35.3 Å². The van der Waals surface area contributed by atoms with Crippen LogP contribution in [0.15, 0.2) is 29.2 Å². The fraction of sp³-hybridized carbons (Fsp3) is 0.536. The smallest absolute Gasteiger partial charge is 0.276 e. The molecule has 2 saturated heterocycles. The van der Waals surface area contributed by atoms with Crippen molar-refractivity contribution in [3.8, 4) is 0 Å². The SMILES string of the molecule is Cc1nc(N[C@H](C)c2cccc(C(F)F)c2F)c2cn(C3(CF)CC3)c(=O)c(N3CCN(C4COC4)CC3)c2n1. The largest absolute Gasteiger partial charge is 0.378 e. The van der Waals surface area contributed by atoms with Crippen molar-refractivity contribution < 1.29 is 22.3 Å². The highest BCUT2D eigenvalue weighted by Gasteiger charge is 2.46. The number of ether oxygens (including phenoxy) is 1. The number of rotatable bonds is 8. The molecule has 0 spiro atoms. The van der Waals surface area contributed by atoms with Crippen molar-refractivity contribution in [2.75, 3.05) is 56.3 Å². The molecule has 1 aromatic carbocycles. The Morgan fingerprint density at radius 3 is 2.42 bits per heavy atom. The summed E-state index contributed by atoms with van der Waals surface area (Å²) in [6.07, 6.45) is -0.266. The standard InChI is InChI=1S/C28H32F4N6O2/c1-16(19-4-3-5-20(22(19)30)25(31)32)33-26-21-12-38(28(15-29)6-7-28)27(39)24(23(21)34-17(2)35-26)37-10-8-36(9-11-37)18-13-40-14-18/h3-5,12,16,18,25H,6-11,13-15H2,1-2H3,(H,33,34,35)/t16-/m1/s1. The Morgan fingerprint density at radius 2 is 1.82 bits per heavy atom. The van der Waals surface area contributed by atoms with Crippen LogP contribution >= 0.6 is 0 Å². The average molecular weight is 561 g/mol. The molecule has 2 aromatic heterocycles. The predicted octanol–water partition coefficient (Wildman–Crippen LogP) is 4.33. The van der Waals surface area contributed by atoms with Gasteiger partial charge in [0, 0.05) is 37.9 Å². The van der Waals surface area contributed by atoms with Crippen LogP contribution in [-0.2, 0) is 10.3 Å². The van der Waals surface area contributed by atoms with Crippen molar-refractivity contribution in [1.82, 2.24) is 19.4 Å². The molecule has 214 valence electrons. The molecule has 0 bridgehead atoms. The van der Waals surface area contributed by atoms with Crippen molar-refractivity contribution in [1.29, 1.82) is 0 Å². The van der Waals surface area contributed by atoms with Gasteiger partial charge in [0.25, 0.3) is 12.0 Å². The van der Waals surface area contributed by atoms with E-state index >= 15 is 0 Å². The molecular weight excluding hydrogens is 528 g/mol. The van der Waals surface area contributed by atoms with E-state index in [1.54, 1.807) is 20.0 Å². The van der Waals surface area contributed by atoms with Gasteiger partial charge in [0.2, 0.25) is 0 Å². The number of aromatic nitrogens is 3. The average Bonchev–Trinajstić information content (AvgIpc) is 3.69. The Hall–Kier alpha value is -3.25. The third kappa shape index (κ3) is 4.60. The molecule has 8 nitrogen and oxygen atoms in total. The minimum Gasteiger partial charge on any atom is -0.378 e. The number of benzene rings is 1. The maximum atomic E-state index is 15.0. The number of hydrogen-bond acceptors (Lipinski definition) is 7. The lowest BCUT2D eigenvalue weighted by Crippen LogP contribution is -2.57. The van der Waals surface area contributed by atoms with Gasteiger partial charge in [-0.05, 0) is 26.7 Å². The highest BCUT2D eigenvalue weighted by molar-refractivity contribution is 5.97. The molecule has 3 fully saturated rings. The number of aryl methyl sites for hydroxylation is 1. The lowest BCUT2D eigenvalue weighted by Gasteiger charge is -2.43. The molecule has 0 unspecified atom stereocenters. The summed E-state index contributed by atoms with van der Waals surface area (Å²) < 4.78 is 62.7. The summed E-state index contributed by atoms with van der Waals surface area (Å²) in [5.74, 6) is -0.264. The van der Waals surface area contributed by atoms with Crippen LogP contribution in [0.4, 0.5) is 29.1 Å². The zero-order chi connectivity index (χ0) is 28.2. The van der Waals surface area contributed by atoms with Gasteiger partial charge < -0.3 is 19.5 Å². The molecule has 1 atom stereocenters. The fourth-order valence-electron chi connectivity index (χ4n) is 5.72. The maximum absolute atomic E-state index is 15.0. The number of halogens is 4. The molecule has 3 aromatic rings. The predicted molar refractivity (Wildman–Crippen MR) is 144 cm³/mol. The van der Waals surface area contributed by atoms with Gasteiger partial charge in [0.05, 0.1) is 41.8 Å². The number of piperazine rings is 1. The summed E-state index contributed by atoms with van der Waals surface area (Å²) in [5, 5.41) is 3.66. The number of fused-ring (bicyclic) bond motifs is 1. The Bertz CT molecular complexity index is 1480. The van der Waals surface area contributed by atoms with Gasteiger partial charge in [-0.3, -0.25) is 9.69 Å². The number of nitrogens with one attached hydrogen (secondary N) is 1. The minimum atomic E-state index is -2.95. The molecule has 1 N–H and O–H groups in total. The highest BCUT2D eigenvalue weighted by Crippen LogP contribution is 2.44. The highest BCUT2D eigenvalue weighted by atomic mass is 19.3. The van der Waals surface area contributed by atoms with Crippen LogP contribution in [0, 0.1) is 12.7 Å². The summed E-state index contributed by atoms with van der Waals surface area (Å²) in [6.45, 7) is 6.80. The summed E-state index contributed by atoms with van der Waals surface area (Å²) in [6, 6.07) is 3.56. The van der Waals surface area contributed by atoms with Gasteiger partial charge in [-0.15, -0.1) is 0 Å². The van der Waals surface area contributed by atoms with E-state index in [1.165, 1.54) is 16.7 Å². The van der Waals surface area contributed by atoms with Gasteiger partial charge >= 0.3 is 0 Å². The van der Waals surface area contributed by atoms with Crippen molar-refractivity contribution >= 4 is 22.4 Å². The van der Waals surface area contributed by atoms with E-state index in [1.807, 2.05) is 4.90 Å². The van der Waals surface area contributed by atoms with Crippen molar-refractivity contribution in [2.24, 2.45) is 0 Å². The van der Waals surface area contributed by atoms with E-state index in [0.29, 0.717) is 73.4 Å². The molecule has 4 heterocycles. The fourth-order valence-corrected chi connectivity index (χ4v) is 5.72. The first-order chi connectivity index (χ1) is 19.2. The van der Waals surface area contributed by atoms with E-state index in [2.05, 4.69) is 20.2 Å². The zero-order valence-electron chi connectivity index (χ0n) is 22.5. The lowest BCUT2D eigenvalue weighted by atomic mass is 10.0. The first kappa shape index (κ1) is 26.9. The molecule has 40 heavy (non-hydrogen) atoms. The van der Waals surface area contributed by atoms with E-state index in [0.717, 1.165) is 19.2 Å². The van der Waals surface area contributed by atoms with Crippen LogP contribution in [0.1, 0.15) is 49.2 Å². The number of pyridine rings is 1. The molecule has 6 rings (SSSR count). The first-order valence-corrected chi connectivity index (χ1v) is 13.6. The Labute approximate surface area is 229 Å². The third-order valence-electron chi connectivity index (χ3n) is 8.43. The minimum absolute atomic E-state index is 0.0641. The normalized spacial score (nSPS) is 20.1. The second-order valence-electron chi connectivity index (χ2n) is 11.0. The van der Waals surface area contributed by atoms with E-state index in [4.69, 9.17) is 4.74 Å². The number of alkyl halides is 3. The summed E-state index contributed by atoms with van der Waals surface area (Å²) >= 11 is 0. The van der Waals surface area contributed by atoms with Crippen LogP contribution in [0.2, 0.25) is 0 Å². The summed E-state index contributed by atoms with van der Waals surface area (Å²) in [7, 11) is 0. The summed E-state index contributed by atoms with van der Waals surface area (Å²) in [5.41, 5.74) is -0.979. The topological polar surface area (TPSA) is 75.5 Å². The monoisotopic (exact) mass is 560 g/mol. The molecular formula is C28H32F4N6O2. The maximum Gasteiger partial charge on any atom is 0.276 e. The van der Waals surface area contributed by atoms with E-state index in [9.17, 15) is 22.4 Å². The van der Waals surface area contributed by atoms with Crippen molar-refractivity contribution in [3.05, 3.63) is 57.5 Å². The van der Waals surface area contributed by atoms with E-state index < -0.39 is 36.1 Å². The Kier molecular flexibility index (Phi) is 6.94. The van der Waals surface area contributed by atoms with Gasteiger partial charge in [-0.1, -0.05) is 18.2 Å². The number of hydrogen-bond donors (Lipinski definition) is 1. The van der Waals surface area contributed by atoms with Crippen LogP contribution in [-0.4, -0.2) is 71.5 Å². The molecule has 0 radical (unpaired) electrons. The van der Waals surface area contributed by atoms with Gasteiger partial charge in [-0.2, -0.15) is 0 Å². The number of nitrogens with zero attached hydrogens (tertiary/aromatic N) is 5. The van der Waals surface area contributed by atoms with Crippen LogP contribution in [0.25, 0.3) is 10.9 Å². The van der Waals surface area contributed by atoms with Crippen molar-refractivity contribution in [3.63, 3.8) is 0 Å². The Balaban J connectivity index is 1.43. The Morgan fingerprint density at radius 1 is 1.12 bits per heavy atom. The van der Waals surface area contributed by atoms with Gasteiger partial charge in [0.15, 0.2) is 0 Å². The van der Waals surface area contributed by atoms with E-state index in [-0.39, 0.29) is 11.1 Å². The molecule has 0 amide bonds. The van der Waals surface area contributed by atoms with Crippen LogP contribution < -0.4 is 15.8 Å². The van der Waals surface area contributed by atoms with Crippen molar-refractivity contribution in [2.45, 2.75) is 50.7 Å². The molecule has 2 aliphatic heterocycles. The molecule has 3 aliphatic rings. The van der Waals surface area contributed by atoms with Crippen LogP contribution in [0.5, 0.6) is 0 Å². The molecule has 12 heteroatoms. The van der Waals surface area contributed by atoms with Crippen LogP contribution in [0.3, 0.4) is 0 Å². The second kappa shape index (κ2) is 10.3. The quantitative estimate of drug-likeness (QED) is 0.411. The molecule has 1 aliphatic carbocycles. The molecule has 1 saturated carbocycles. The lowest BCUT2D eigenvalue weighted by molar-refractivity contribution is -0.0660. The van der Waals surface area contributed by atoms with Gasteiger partial charge in [-0.25, -0.2) is 27.5 Å². The summed E-state index contributed by atoms with van der Waals surface area (Å²) in [4.78, 5) is 27.5. The second-order valence-corrected chi connectivity index (χ2v) is 11.0. The zero-order valence-corrected chi connectivity index (χ0v) is 22.5. The number of anilines is 2. The third-order valence-corrected chi connectivity index (χ3v) is 8.43.